The summed E-state index contributed by atoms with van der Waals surface area (Å²) in [7, 11) is 3.97. The lowest BCUT2D eigenvalue weighted by atomic mass is 10.1. The van der Waals surface area contributed by atoms with Gasteiger partial charge in [0.2, 0.25) is 5.91 Å². The van der Waals surface area contributed by atoms with Crippen LogP contribution in [0.4, 0.5) is 11.4 Å². The number of carbonyl (C=O) groups excluding carboxylic acids is 1. The second-order valence-electron chi connectivity index (χ2n) is 5.84. The zero-order chi connectivity index (χ0) is 17.1. The number of nitrogens with one attached hydrogen (secondary N) is 1. The quantitative estimate of drug-likeness (QED) is 0.777. The minimum absolute atomic E-state index is 0.0955. The highest BCUT2D eigenvalue weighted by molar-refractivity contribution is 6.30. The highest BCUT2D eigenvalue weighted by Gasteiger charge is 2.09. The summed E-state index contributed by atoms with van der Waals surface area (Å²) in [5.41, 5.74) is 2.66. The zero-order valence-corrected chi connectivity index (χ0v) is 14.3. The molecule has 0 aliphatic carbocycles. The van der Waals surface area contributed by atoms with E-state index in [9.17, 15) is 4.79 Å². The fourth-order valence-electron chi connectivity index (χ4n) is 2.56. The standard InChI is InChI=1S/C19H18ClN3O/c1-23(2)16-7-6-14-11-21-12-18(17(14)10-16)22-19(24)9-13-4-3-5-15(20)8-13/h3-8,10-12H,9H2,1-2H3,(H,22,24). The van der Waals surface area contributed by atoms with Crippen LogP contribution in [0, 0.1) is 0 Å². The Balaban J connectivity index is 1.86. The van der Waals surface area contributed by atoms with Gasteiger partial charge in [0.25, 0.3) is 0 Å². The van der Waals surface area contributed by atoms with Crippen molar-refractivity contribution in [2.45, 2.75) is 6.42 Å². The van der Waals surface area contributed by atoms with Gasteiger partial charge in [0.1, 0.15) is 0 Å². The Morgan fingerprint density at radius 2 is 2.00 bits per heavy atom. The summed E-state index contributed by atoms with van der Waals surface area (Å²) >= 11 is 5.97. The Hall–Kier alpha value is -2.59. The largest absolute Gasteiger partial charge is 0.378 e. The number of anilines is 2. The first-order chi connectivity index (χ1) is 11.5. The van der Waals surface area contributed by atoms with Gasteiger partial charge < -0.3 is 10.2 Å². The number of carbonyl (C=O) groups is 1. The molecule has 0 unspecified atom stereocenters. The maximum Gasteiger partial charge on any atom is 0.228 e. The molecule has 0 spiro atoms. The van der Waals surface area contributed by atoms with Gasteiger partial charge in [-0.05, 0) is 29.8 Å². The molecule has 0 aliphatic heterocycles. The Kier molecular flexibility index (Phi) is 4.67. The molecule has 0 aliphatic rings. The van der Waals surface area contributed by atoms with E-state index < -0.39 is 0 Å². The first-order valence-corrected chi connectivity index (χ1v) is 8.00. The SMILES string of the molecule is CN(C)c1ccc2cncc(NC(=O)Cc3cccc(Cl)c3)c2c1. The normalized spacial score (nSPS) is 10.6. The fraction of sp³-hybridized carbons (Fsp3) is 0.158. The maximum atomic E-state index is 12.4. The maximum absolute atomic E-state index is 12.4. The average Bonchev–Trinajstić information content (AvgIpc) is 2.54. The van der Waals surface area contributed by atoms with Gasteiger partial charge in [-0.3, -0.25) is 9.78 Å². The number of hydrogen-bond donors (Lipinski definition) is 1. The zero-order valence-electron chi connectivity index (χ0n) is 13.6. The molecule has 24 heavy (non-hydrogen) atoms. The minimum Gasteiger partial charge on any atom is -0.378 e. The van der Waals surface area contributed by atoms with Gasteiger partial charge in [0.15, 0.2) is 0 Å². The molecular formula is C19H18ClN3O. The van der Waals surface area contributed by atoms with Crippen molar-refractivity contribution >= 4 is 39.7 Å². The van der Waals surface area contributed by atoms with Crippen molar-refractivity contribution < 1.29 is 4.79 Å². The molecular weight excluding hydrogens is 322 g/mol. The van der Waals surface area contributed by atoms with Crippen LogP contribution in [-0.2, 0) is 11.2 Å². The third-order valence-electron chi connectivity index (χ3n) is 3.79. The highest BCUT2D eigenvalue weighted by atomic mass is 35.5. The molecule has 0 saturated heterocycles. The molecule has 4 nitrogen and oxygen atoms in total. The molecule has 0 radical (unpaired) electrons. The number of fused-ring (bicyclic) bond motifs is 1. The van der Waals surface area contributed by atoms with E-state index in [0.29, 0.717) is 10.7 Å². The number of amides is 1. The van der Waals surface area contributed by atoms with Gasteiger partial charge in [-0.1, -0.05) is 29.8 Å². The van der Waals surface area contributed by atoms with Crippen LogP contribution < -0.4 is 10.2 Å². The fourth-order valence-corrected chi connectivity index (χ4v) is 2.77. The van der Waals surface area contributed by atoms with Crippen molar-refractivity contribution in [2.75, 3.05) is 24.3 Å². The van der Waals surface area contributed by atoms with Crippen LogP contribution >= 0.6 is 11.6 Å². The summed E-state index contributed by atoms with van der Waals surface area (Å²) in [4.78, 5) is 18.6. The van der Waals surface area contributed by atoms with Crippen LogP contribution in [0.2, 0.25) is 5.02 Å². The second kappa shape index (κ2) is 6.89. The van der Waals surface area contributed by atoms with E-state index in [2.05, 4.69) is 10.3 Å². The summed E-state index contributed by atoms with van der Waals surface area (Å²) in [5, 5.41) is 5.54. The van der Waals surface area contributed by atoms with E-state index in [1.807, 2.05) is 49.3 Å². The monoisotopic (exact) mass is 339 g/mol. The van der Waals surface area contributed by atoms with E-state index in [-0.39, 0.29) is 12.3 Å². The van der Waals surface area contributed by atoms with Crippen molar-refractivity contribution in [2.24, 2.45) is 0 Å². The first-order valence-electron chi connectivity index (χ1n) is 7.62. The van der Waals surface area contributed by atoms with Crippen LogP contribution in [0.5, 0.6) is 0 Å². The van der Waals surface area contributed by atoms with Crippen LogP contribution in [0.3, 0.4) is 0 Å². The number of hydrogen-bond acceptors (Lipinski definition) is 3. The Morgan fingerprint density at radius 3 is 2.75 bits per heavy atom. The van der Waals surface area contributed by atoms with Crippen LogP contribution in [0.25, 0.3) is 10.8 Å². The van der Waals surface area contributed by atoms with E-state index >= 15 is 0 Å². The Bertz CT molecular complexity index is 893. The summed E-state index contributed by atoms with van der Waals surface area (Å²) in [6, 6.07) is 13.4. The number of nitrogens with zero attached hydrogens (tertiary/aromatic N) is 2. The van der Waals surface area contributed by atoms with Crippen LogP contribution in [0.1, 0.15) is 5.56 Å². The molecule has 0 atom stereocenters. The van der Waals surface area contributed by atoms with Crippen molar-refractivity contribution in [1.82, 2.24) is 4.98 Å². The molecule has 122 valence electrons. The summed E-state index contributed by atoms with van der Waals surface area (Å²) in [6.07, 6.45) is 3.74. The summed E-state index contributed by atoms with van der Waals surface area (Å²) in [6.45, 7) is 0. The van der Waals surface area contributed by atoms with E-state index in [1.54, 1.807) is 24.5 Å². The lowest BCUT2D eigenvalue weighted by Gasteiger charge is -2.15. The van der Waals surface area contributed by atoms with Gasteiger partial charge >= 0.3 is 0 Å². The molecule has 1 heterocycles. The first kappa shape index (κ1) is 16.3. The molecule has 1 N–H and O–H groups in total. The molecule has 3 rings (SSSR count). The minimum atomic E-state index is -0.0955. The van der Waals surface area contributed by atoms with Gasteiger partial charge in [0.05, 0.1) is 18.3 Å². The average molecular weight is 340 g/mol. The Morgan fingerprint density at radius 1 is 1.17 bits per heavy atom. The predicted octanol–water partition coefficient (Wildman–Crippen LogP) is 4.14. The number of aromatic nitrogens is 1. The smallest absolute Gasteiger partial charge is 0.228 e. The number of rotatable bonds is 4. The molecule has 0 bridgehead atoms. The third-order valence-corrected chi connectivity index (χ3v) is 4.02. The molecule has 2 aromatic carbocycles. The summed E-state index contributed by atoms with van der Waals surface area (Å²) in [5.74, 6) is -0.0955. The molecule has 1 amide bonds. The highest BCUT2D eigenvalue weighted by Crippen LogP contribution is 2.26. The van der Waals surface area contributed by atoms with Gasteiger partial charge in [-0.15, -0.1) is 0 Å². The van der Waals surface area contributed by atoms with Crippen molar-refractivity contribution in [3.63, 3.8) is 0 Å². The molecule has 1 aromatic heterocycles. The van der Waals surface area contributed by atoms with Crippen molar-refractivity contribution in [3.8, 4) is 0 Å². The predicted molar refractivity (Wildman–Crippen MR) is 99.9 cm³/mol. The van der Waals surface area contributed by atoms with Crippen molar-refractivity contribution in [3.05, 3.63) is 65.4 Å². The van der Waals surface area contributed by atoms with E-state index in [4.69, 9.17) is 11.6 Å². The second-order valence-corrected chi connectivity index (χ2v) is 6.28. The number of halogens is 1. The molecule has 0 saturated carbocycles. The molecule has 3 aromatic rings. The van der Waals surface area contributed by atoms with Crippen molar-refractivity contribution in [1.29, 1.82) is 0 Å². The lowest BCUT2D eigenvalue weighted by Crippen LogP contribution is -2.15. The summed E-state index contributed by atoms with van der Waals surface area (Å²) < 4.78 is 0. The van der Waals surface area contributed by atoms with Crippen LogP contribution in [-0.4, -0.2) is 25.0 Å². The topological polar surface area (TPSA) is 45.2 Å². The van der Waals surface area contributed by atoms with E-state index in [0.717, 1.165) is 22.0 Å². The van der Waals surface area contributed by atoms with Gasteiger partial charge in [-0.2, -0.15) is 0 Å². The van der Waals surface area contributed by atoms with E-state index in [1.165, 1.54) is 0 Å². The van der Waals surface area contributed by atoms with Gasteiger partial charge in [0, 0.05) is 41.8 Å². The molecule has 5 heteroatoms. The number of pyridine rings is 1. The van der Waals surface area contributed by atoms with Gasteiger partial charge in [-0.25, -0.2) is 0 Å². The van der Waals surface area contributed by atoms with Crippen LogP contribution in [0.15, 0.2) is 54.9 Å². The number of benzene rings is 2. The molecule has 0 fully saturated rings. The third kappa shape index (κ3) is 3.66. The Labute approximate surface area is 146 Å². The lowest BCUT2D eigenvalue weighted by molar-refractivity contribution is -0.115.